The Morgan fingerprint density at radius 1 is 1.14 bits per heavy atom. The number of fused-ring (bicyclic) bond motifs is 1. The molecule has 0 spiro atoms. The van der Waals surface area contributed by atoms with Crippen molar-refractivity contribution < 1.29 is 9.59 Å². The van der Waals surface area contributed by atoms with Crippen LogP contribution < -0.4 is 10.9 Å². The molecule has 21 heavy (non-hydrogen) atoms. The first-order valence-electron chi connectivity index (χ1n) is 7.35. The first-order chi connectivity index (χ1) is 10.1. The van der Waals surface area contributed by atoms with Gasteiger partial charge in [0.1, 0.15) is 0 Å². The highest BCUT2D eigenvalue weighted by Crippen LogP contribution is 2.29. The maximum Gasteiger partial charge on any atom is 0.248 e. The van der Waals surface area contributed by atoms with Crippen LogP contribution in [0, 0.1) is 0 Å². The average Bonchev–Trinajstić information content (AvgIpc) is 2.48. The number of hydrogen-bond donors (Lipinski definition) is 2. The topological polar surface area (TPSA) is 82.3 Å². The van der Waals surface area contributed by atoms with Gasteiger partial charge in [0, 0.05) is 31.3 Å². The van der Waals surface area contributed by atoms with E-state index in [2.05, 4.69) is 10.3 Å². The molecule has 2 unspecified atom stereocenters. The van der Waals surface area contributed by atoms with Gasteiger partial charge in [0.05, 0.1) is 6.04 Å². The predicted molar refractivity (Wildman–Crippen MR) is 76.7 cm³/mol. The second-order valence-corrected chi connectivity index (χ2v) is 5.75. The molecular formula is C15H19N3O3. The van der Waals surface area contributed by atoms with E-state index < -0.39 is 0 Å². The number of piperidine rings is 1. The molecule has 1 aliphatic heterocycles. The third kappa shape index (κ3) is 2.63. The molecular weight excluding hydrogens is 270 g/mol. The van der Waals surface area contributed by atoms with Gasteiger partial charge in [0.2, 0.25) is 17.4 Å². The largest absolute Gasteiger partial charge is 0.326 e. The molecule has 6 nitrogen and oxygen atoms in total. The number of aromatic nitrogens is 1. The van der Waals surface area contributed by atoms with Crippen LogP contribution in [0.4, 0.5) is 0 Å². The van der Waals surface area contributed by atoms with Gasteiger partial charge in [-0.25, -0.2) is 0 Å². The third-order valence-electron chi connectivity index (χ3n) is 4.38. The van der Waals surface area contributed by atoms with E-state index in [0.717, 1.165) is 30.5 Å². The fourth-order valence-electron chi connectivity index (χ4n) is 3.19. The fourth-order valence-corrected chi connectivity index (χ4v) is 3.19. The van der Waals surface area contributed by atoms with Gasteiger partial charge < -0.3 is 4.98 Å². The number of amides is 2. The number of likely N-dealkylation sites (N-methyl/N-ethyl adjacent to an activating group) is 1. The Morgan fingerprint density at radius 2 is 1.95 bits per heavy atom. The molecule has 1 aliphatic carbocycles. The van der Waals surface area contributed by atoms with Crippen LogP contribution in [-0.2, 0) is 16.0 Å². The number of pyridine rings is 1. The number of H-pyrrole nitrogens is 1. The molecule has 1 aromatic rings. The molecule has 2 aliphatic rings. The molecule has 112 valence electrons. The van der Waals surface area contributed by atoms with Crippen LogP contribution in [-0.4, -0.2) is 34.8 Å². The Kier molecular flexibility index (Phi) is 3.63. The van der Waals surface area contributed by atoms with Crippen LogP contribution in [0.1, 0.15) is 43.0 Å². The van der Waals surface area contributed by atoms with E-state index in [0.29, 0.717) is 12.8 Å². The minimum atomic E-state index is -0.324. The van der Waals surface area contributed by atoms with Crippen molar-refractivity contribution in [2.24, 2.45) is 0 Å². The molecule has 3 rings (SSSR count). The van der Waals surface area contributed by atoms with E-state index in [1.54, 1.807) is 0 Å². The summed E-state index contributed by atoms with van der Waals surface area (Å²) in [6, 6.07) is 3.10. The maximum atomic E-state index is 12.2. The zero-order valence-corrected chi connectivity index (χ0v) is 12.0. The average molecular weight is 289 g/mol. The highest BCUT2D eigenvalue weighted by atomic mass is 16.2. The number of hydrogen-bond acceptors (Lipinski definition) is 4. The van der Waals surface area contributed by atoms with Crippen LogP contribution >= 0.6 is 0 Å². The number of carbonyl (C=O) groups excluding carboxylic acids is 2. The summed E-state index contributed by atoms with van der Waals surface area (Å²) in [6.45, 7) is 0. The molecule has 2 heterocycles. The molecule has 1 fully saturated rings. The number of aryl methyl sites for hydroxylation is 1. The van der Waals surface area contributed by atoms with E-state index in [-0.39, 0.29) is 29.5 Å². The summed E-state index contributed by atoms with van der Waals surface area (Å²) in [6.07, 6.45) is 3.70. The SMILES string of the molecule is CN1C(=O)CCC(NC2CCCc3[nH]c(=O)ccc32)C1=O. The number of rotatable bonds is 2. The fraction of sp³-hybridized carbons (Fsp3) is 0.533. The minimum Gasteiger partial charge on any atom is -0.326 e. The Hall–Kier alpha value is -1.95. The molecule has 0 saturated carbocycles. The summed E-state index contributed by atoms with van der Waals surface area (Å²) in [5.74, 6) is -0.283. The van der Waals surface area contributed by atoms with Gasteiger partial charge in [-0.05, 0) is 31.2 Å². The number of nitrogens with one attached hydrogen (secondary N) is 2. The highest BCUT2D eigenvalue weighted by Gasteiger charge is 2.34. The lowest BCUT2D eigenvalue weighted by Crippen LogP contribution is -2.52. The van der Waals surface area contributed by atoms with Crippen molar-refractivity contribution in [3.05, 3.63) is 33.7 Å². The van der Waals surface area contributed by atoms with Crippen molar-refractivity contribution in [3.8, 4) is 0 Å². The van der Waals surface area contributed by atoms with Crippen LogP contribution in [0.5, 0.6) is 0 Å². The van der Waals surface area contributed by atoms with Crippen LogP contribution in [0.15, 0.2) is 16.9 Å². The summed E-state index contributed by atoms with van der Waals surface area (Å²) in [4.78, 5) is 39.2. The molecule has 6 heteroatoms. The number of carbonyl (C=O) groups is 2. The van der Waals surface area contributed by atoms with Crippen molar-refractivity contribution in [3.63, 3.8) is 0 Å². The number of likely N-dealkylation sites (tertiary alicyclic amines) is 1. The quantitative estimate of drug-likeness (QED) is 0.776. The molecule has 0 bridgehead atoms. The van der Waals surface area contributed by atoms with E-state index in [1.807, 2.05) is 6.07 Å². The van der Waals surface area contributed by atoms with Gasteiger partial charge in [-0.3, -0.25) is 24.6 Å². The molecule has 1 aromatic heterocycles. The van der Waals surface area contributed by atoms with E-state index in [9.17, 15) is 14.4 Å². The van der Waals surface area contributed by atoms with Crippen molar-refractivity contribution in [1.29, 1.82) is 0 Å². The number of imide groups is 1. The van der Waals surface area contributed by atoms with Crippen molar-refractivity contribution in [2.45, 2.75) is 44.2 Å². The van der Waals surface area contributed by atoms with E-state index >= 15 is 0 Å². The summed E-state index contributed by atoms with van der Waals surface area (Å²) in [7, 11) is 1.53. The lowest BCUT2D eigenvalue weighted by Gasteiger charge is -2.33. The Bertz CT molecular complexity index is 637. The lowest BCUT2D eigenvalue weighted by atomic mass is 9.90. The maximum absolute atomic E-state index is 12.2. The van der Waals surface area contributed by atoms with Crippen molar-refractivity contribution >= 4 is 11.8 Å². The Labute approximate surface area is 122 Å². The number of aromatic amines is 1. The molecule has 2 N–H and O–H groups in total. The van der Waals surface area contributed by atoms with Gasteiger partial charge >= 0.3 is 0 Å². The first-order valence-corrected chi connectivity index (χ1v) is 7.35. The molecule has 0 aromatic carbocycles. The second-order valence-electron chi connectivity index (χ2n) is 5.75. The Morgan fingerprint density at radius 3 is 2.76 bits per heavy atom. The van der Waals surface area contributed by atoms with E-state index in [4.69, 9.17) is 0 Å². The summed E-state index contributed by atoms with van der Waals surface area (Å²) >= 11 is 0. The van der Waals surface area contributed by atoms with Gasteiger partial charge in [-0.2, -0.15) is 0 Å². The van der Waals surface area contributed by atoms with Gasteiger partial charge in [-0.15, -0.1) is 0 Å². The lowest BCUT2D eigenvalue weighted by molar-refractivity contribution is -0.148. The summed E-state index contributed by atoms with van der Waals surface area (Å²) < 4.78 is 0. The summed E-state index contributed by atoms with van der Waals surface area (Å²) in [5.41, 5.74) is 1.93. The molecule has 2 atom stereocenters. The predicted octanol–water partition coefficient (Wildman–Crippen LogP) is 0.489. The van der Waals surface area contributed by atoms with Gasteiger partial charge in [0.25, 0.3) is 0 Å². The van der Waals surface area contributed by atoms with E-state index in [1.165, 1.54) is 18.0 Å². The van der Waals surface area contributed by atoms with Crippen molar-refractivity contribution in [2.75, 3.05) is 7.05 Å². The molecule has 2 amide bonds. The smallest absolute Gasteiger partial charge is 0.248 e. The molecule has 1 saturated heterocycles. The second kappa shape index (κ2) is 5.44. The third-order valence-corrected chi connectivity index (χ3v) is 4.38. The standard InChI is InChI=1S/C15H19N3O3/c1-18-14(20)8-6-12(15(18)21)16-10-3-2-4-11-9(10)5-7-13(19)17-11/h5,7,10,12,16H,2-4,6,8H2,1H3,(H,17,19). The monoisotopic (exact) mass is 289 g/mol. The number of nitrogens with zero attached hydrogens (tertiary/aromatic N) is 1. The zero-order valence-electron chi connectivity index (χ0n) is 12.0. The Balaban J connectivity index is 1.79. The highest BCUT2D eigenvalue weighted by molar-refractivity contribution is 6.00. The zero-order chi connectivity index (χ0) is 15.0. The first kappa shape index (κ1) is 14.0. The van der Waals surface area contributed by atoms with Crippen LogP contribution in [0.3, 0.4) is 0 Å². The van der Waals surface area contributed by atoms with Gasteiger partial charge in [-0.1, -0.05) is 6.07 Å². The van der Waals surface area contributed by atoms with Crippen molar-refractivity contribution in [1.82, 2.24) is 15.2 Å². The summed E-state index contributed by atoms with van der Waals surface area (Å²) in [5, 5.41) is 3.37. The van der Waals surface area contributed by atoms with Crippen LogP contribution in [0.2, 0.25) is 0 Å². The minimum absolute atomic E-state index is 0.0566. The molecule has 0 radical (unpaired) electrons. The van der Waals surface area contributed by atoms with Gasteiger partial charge in [0.15, 0.2) is 0 Å². The normalized spacial score (nSPS) is 25.9. The van der Waals surface area contributed by atoms with Crippen LogP contribution in [0.25, 0.3) is 0 Å².